The highest BCUT2D eigenvalue weighted by atomic mass is 16.3. The maximum Gasteiger partial charge on any atom is 0.257 e. The summed E-state index contributed by atoms with van der Waals surface area (Å²) in [5.74, 6) is -1.04. The van der Waals surface area contributed by atoms with Crippen molar-refractivity contribution in [3.05, 3.63) is 35.9 Å². The van der Waals surface area contributed by atoms with Gasteiger partial charge < -0.3 is 15.1 Å². The van der Waals surface area contributed by atoms with Crippen LogP contribution in [0.4, 0.5) is 0 Å². The fourth-order valence-corrected chi connectivity index (χ4v) is 1.39. The number of hydrogen-bond donors (Lipinski definition) is 2. The van der Waals surface area contributed by atoms with Crippen molar-refractivity contribution in [2.24, 2.45) is 0 Å². The molecule has 0 aromatic heterocycles. The summed E-state index contributed by atoms with van der Waals surface area (Å²) < 4.78 is 0. The summed E-state index contributed by atoms with van der Waals surface area (Å²) in [6.45, 7) is 5.93. The van der Waals surface area contributed by atoms with Gasteiger partial charge in [0.2, 0.25) is 0 Å². The van der Waals surface area contributed by atoms with Gasteiger partial charge in [-0.25, -0.2) is 0 Å². The smallest absolute Gasteiger partial charge is 0.257 e. The molecule has 0 aliphatic rings. The fourth-order valence-electron chi connectivity index (χ4n) is 1.39. The van der Waals surface area contributed by atoms with Crippen molar-refractivity contribution in [3.8, 4) is 11.5 Å². The van der Waals surface area contributed by atoms with Gasteiger partial charge >= 0.3 is 0 Å². The molecule has 1 aromatic carbocycles. The summed E-state index contributed by atoms with van der Waals surface area (Å²) in [5.41, 5.74) is 0.930. The predicted octanol–water partition coefficient (Wildman–Crippen LogP) is 1.75. The van der Waals surface area contributed by atoms with Gasteiger partial charge in [-0.3, -0.25) is 4.79 Å². The Hall–Kier alpha value is -1.97. The van der Waals surface area contributed by atoms with Crippen LogP contribution < -0.4 is 0 Å². The van der Waals surface area contributed by atoms with Crippen LogP contribution >= 0.6 is 0 Å². The minimum Gasteiger partial charge on any atom is -0.504 e. The summed E-state index contributed by atoms with van der Waals surface area (Å²) in [6.07, 6.45) is 0. The van der Waals surface area contributed by atoms with E-state index in [-0.39, 0.29) is 23.0 Å². The van der Waals surface area contributed by atoms with E-state index < -0.39 is 0 Å². The van der Waals surface area contributed by atoms with Crippen molar-refractivity contribution in [2.45, 2.75) is 6.92 Å². The van der Waals surface area contributed by atoms with Gasteiger partial charge in [-0.1, -0.05) is 18.2 Å². The molecule has 0 unspecified atom stereocenters. The van der Waals surface area contributed by atoms with Crippen molar-refractivity contribution in [2.75, 3.05) is 13.6 Å². The number of amides is 1. The van der Waals surface area contributed by atoms with Gasteiger partial charge in [0, 0.05) is 13.6 Å². The first-order chi connectivity index (χ1) is 7.43. The van der Waals surface area contributed by atoms with E-state index in [2.05, 4.69) is 6.58 Å². The molecule has 1 amide bonds. The Bertz CT molecular complexity index is 426. The van der Waals surface area contributed by atoms with Crippen molar-refractivity contribution >= 4 is 5.91 Å². The number of benzene rings is 1. The Morgan fingerprint density at radius 2 is 2.06 bits per heavy atom. The Balaban J connectivity index is 2.96. The molecule has 4 nitrogen and oxygen atoms in total. The second-order valence-corrected chi connectivity index (χ2v) is 3.79. The van der Waals surface area contributed by atoms with Gasteiger partial charge in [0.15, 0.2) is 11.5 Å². The molecule has 4 heteroatoms. The average molecular weight is 221 g/mol. The Morgan fingerprint density at radius 1 is 1.44 bits per heavy atom. The van der Waals surface area contributed by atoms with Crippen molar-refractivity contribution < 1.29 is 15.0 Å². The number of nitrogens with zero attached hydrogens (tertiary/aromatic N) is 1. The van der Waals surface area contributed by atoms with E-state index in [0.717, 1.165) is 5.57 Å². The number of phenolic OH excluding ortho intramolecular Hbond substituents is 2. The Labute approximate surface area is 94.4 Å². The molecule has 1 rings (SSSR count). The summed E-state index contributed by atoms with van der Waals surface area (Å²) >= 11 is 0. The monoisotopic (exact) mass is 221 g/mol. The Morgan fingerprint density at radius 3 is 2.62 bits per heavy atom. The molecule has 1 aromatic rings. The van der Waals surface area contributed by atoms with E-state index in [1.54, 1.807) is 7.05 Å². The highest BCUT2D eigenvalue weighted by Crippen LogP contribution is 2.28. The number of likely N-dealkylation sites (N-methyl/N-ethyl adjacent to an activating group) is 1. The summed E-state index contributed by atoms with van der Waals surface area (Å²) in [4.78, 5) is 13.3. The normalized spacial score (nSPS) is 9.88. The van der Waals surface area contributed by atoms with Crippen LogP contribution in [-0.2, 0) is 0 Å². The first-order valence-corrected chi connectivity index (χ1v) is 4.84. The van der Waals surface area contributed by atoms with Crippen LogP contribution in [0, 0.1) is 0 Å². The quantitative estimate of drug-likeness (QED) is 0.603. The van der Waals surface area contributed by atoms with Crippen LogP contribution in [-0.4, -0.2) is 34.6 Å². The molecule has 0 heterocycles. The number of carbonyl (C=O) groups excluding carboxylic acids is 1. The van der Waals surface area contributed by atoms with E-state index >= 15 is 0 Å². The first kappa shape index (κ1) is 12.1. The average Bonchev–Trinajstić information content (AvgIpc) is 2.20. The third kappa shape index (κ3) is 2.53. The minimum absolute atomic E-state index is 0.0868. The maximum absolute atomic E-state index is 11.9. The van der Waals surface area contributed by atoms with Crippen LogP contribution in [0.2, 0.25) is 0 Å². The first-order valence-electron chi connectivity index (χ1n) is 4.84. The lowest BCUT2D eigenvalue weighted by atomic mass is 10.1. The molecule has 86 valence electrons. The van der Waals surface area contributed by atoms with Gasteiger partial charge in [-0.05, 0) is 19.1 Å². The second-order valence-electron chi connectivity index (χ2n) is 3.79. The van der Waals surface area contributed by atoms with Crippen LogP contribution in [0.3, 0.4) is 0 Å². The molecule has 0 radical (unpaired) electrons. The van der Waals surface area contributed by atoms with Crippen molar-refractivity contribution in [1.29, 1.82) is 0 Å². The number of aromatic hydroxyl groups is 2. The van der Waals surface area contributed by atoms with Crippen LogP contribution in [0.25, 0.3) is 0 Å². The third-order valence-electron chi connectivity index (χ3n) is 2.10. The van der Waals surface area contributed by atoms with Crippen LogP contribution in [0.5, 0.6) is 11.5 Å². The number of phenols is 2. The lowest BCUT2D eigenvalue weighted by Gasteiger charge is -2.17. The predicted molar refractivity (Wildman–Crippen MR) is 61.5 cm³/mol. The zero-order valence-electron chi connectivity index (χ0n) is 9.40. The van der Waals surface area contributed by atoms with Gasteiger partial charge in [0.1, 0.15) is 0 Å². The number of para-hydroxylation sites is 1. The second kappa shape index (κ2) is 4.70. The van der Waals surface area contributed by atoms with Crippen LogP contribution in [0.15, 0.2) is 30.4 Å². The summed E-state index contributed by atoms with van der Waals surface area (Å²) in [7, 11) is 1.61. The highest BCUT2D eigenvalue weighted by Gasteiger charge is 2.17. The lowest BCUT2D eigenvalue weighted by Crippen LogP contribution is -2.28. The molecular weight excluding hydrogens is 206 g/mol. The molecule has 0 fully saturated rings. The van der Waals surface area contributed by atoms with Crippen molar-refractivity contribution in [1.82, 2.24) is 4.90 Å². The van der Waals surface area contributed by atoms with Crippen molar-refractivity contribution in [3.63, 3.8) is 0 Å². The van der Waals surface area contributed by atoms with E-state index in [1.165, 1.54) is 23.1 Å². The molecule has 0 atom stereocenters. The largest absolute Gasteiger partial charge is 0.504 e. The van der Waals surface area contributed by atoms with Gasteiger partial charge in [0.05, 0.1) is 5.56 Å². The molecule has 0 bridgehead atoms. The molecule has 16 heavy (non-hydrogen) atoms. The lowest BCUT2D eigenvalue weighted by molar-refractivity contribution is 0.0803. The molecule has 0 spiro atoms. The Kier molecular flexibility index (Phi) is 3.55. The number of carbonyl (C=O) groups is 1. The molecular formula is C12H15NO3. The zero-order chi connectivity index (χ0) is 12.3. The van der Waals surface area contributed by atoms with E-state index in [1.807, 2.05) is 6.92 Å². The SMILES string of the molecule is C=C(C)CN(C)C(=O)c1cccc(O)c1O. The van der Waals surface area contributed by atoms with Gasteiger partial charge in [0.25, 0.3) is 5.91 Å². The molecule has 0 aliphatic carbocycles. The van der Waals surface area contributed by atoms with E-state index in [9.17, 15) is 15.0 Å². The van der Waals surface area contributed by atoms with Gasteiger partial charge in [-0.2, -0.15) is 0 Å². The number of hydrogen-bond acceptors (Lipinski definition) is 3. The standard InChI is InChI=1S/C12H15NO3/c1-8(2)7-13(3)12(16)9-5-4-6-10(14)11(9)15/h4-6,14-15H,1,7H2,2-3H3. The van der Waals surface area contributed by atoms with E-state index in [0.29, 0.717) is 6.54 Å². The summed E-state index contributed by atoms with van der Waals surface area (Å²) in [6, 6.07) is 4.30. The molecule has 0 saturated carbocycles. The summed E-state index contributed by atoms with van der Waals surface area (Å²) in [5, 5.41) is 18.8. The van der Waals surface area contributed by atoms with Gasteiger partial charge in [-0.15, -0.1) is 0 Å². The van der Waals surface area contributed by atoms with E-state index in [4.69, 9.17) is 0 Å². The topological polar surface area (TPSA) is 60.8 Å². The third-order valence-corrected chi connectivity index (χ3v) is 2.10. The number of rotatable bonds is 3. The molecule has 2 N–H and O–H groups in total. The highest BCUT2D eigenvalue weighted by molar-refractivity contribution is 5.97. The van der Waals surface area contributed by atoms with Crippen LogP contribution in [0.1, 0.15) is 17.3 Å². The molecule has 0 aliphatic heterocycles. The fraction of sp³-hybridized carbons (Fsp3) is 0.250. The minimum atomic E-state index is -0.388. The molecule has 0 saturated heterocycles. The maximum atomic E-state index is 11.9. The zero-order valence-corrected chi connectivity index (χ0v) is 9.40.